The second kappa shape index (κ2) is 3.56. The Morgan fingerprint density at radius 3 is 2.83 bits per heavy atom. The molecule has 0 spiro atoms. The summed E-state index contributed by atoms with van der Waals surface area (Å²) < 4.78 is 7.81. The molecule has 0 saturated carbocycles. The molecule has 0 aliphatic carbocycles. The third-order valence-corrected chi connectivity index (χ3v) is 4.23. The molecule has 2 unspecified atom stereocenters. The quantitative estimate of drug-likeness (QED) is 0.833. The summed E-state index contributed by atoms with van der Waals surface area (Å²) in [5.41, 5.74) is 1.06. The number of rotatable bonds is 1. The van der Waals surface area contributed by atoms with Gasteiger partial charge in [-0.25, -0.2) is 4.98 Å². The Morgan fingerprint density at radius 2 is 2.06 bits per heavy atom. The molecule has 4 heteroatoms. The maximum absolute atomic E-state index is 11.0. The van der Waals surface area contributed by atoms with Crippen LogP contribution in [-0.2, 0) is 10.3 Å². The predicted molar refractivity (Wildman–Crippen MR) is 66.2 cm³/mol. The van der Waals surface area contributed by atoms with Gasteiger partial charge in [-0.05, 0) is 25.0 Å². The molecule has 2 aromatic rings. The van der Waals surface area contributed by atoms with Crippen molar-refractivity contribution in [2.75, 3.05) is 0 Å². The molecule has 2 aromatic heterocycles. The molecule has 2 aliphatic rings. The molecule has 1 N–H and O–H groups in total. The van der Waals surface area contributed by atoms with Gasteiger partial charge in [0.15, 0.2) is 0 Å². The van der Waals surface area contributed by atoms with Crippen molar-refractivity contribution in [2.45, 2.75) is 43.5 Å². The largest absolute Gasteiger partial charge is 0.383 e. The molecule has 18 heavy (non-hydrogen) atoms. The van der Waals surface area contributed by atoms with Crippen LogP contribution in [0.3, 0.4) is 0 Å². The highest BCUT2D eigenvalue weighted by Gasteiger charge is 2.45. The zero-order chi connectivity index (χ0) is 12.2. The minimum atomic E-state index is -0.774. The van der Waals surface area contributed by atoms with E-state index in [0.717, 1.165) is 24.2 Å². The number of fused-ring (bicyclic) bond motifs is 3. The van der Waals surface area contributed by atoms with Gasteiger partial charge >= 0.3 is 0 Å². The Bertz CT molecular complexity index is 580. The van der Waals surface area contributed by atoms with Crippen LogP contribution in [0.15, 0.2) is 30.6 Å². The normalized spacial score (nSPS) is 35.2. The van der Waals surface area contributed by atoms with E-state index in [4.69, 9.17) is 4.74 Å². The third kappa shape index (κ3) is 1.42. The molecule has 2 fully saturated rings. The van der Waals surface area contributed by atoms with Gasteiger partial charge in [0.1, 0.15) is 11.2 Å². The fraction of sp³-hybridized carbons (Fsp3) is 0.500. The first-order valence-electron chi connectivity index (χ1n) is 6.55. The lowest BCUT2D eigenvalue weighted by atomic mass is 9.86. The second-order valence-electron chi connectivity index (χ2n) is 5.46. The van der Waals surface area contributed by atoms with Crippen molar-refractivity contribution in [3.63, 3.8) is 0 Å². The topological polar surface area (TPSA) is 46.8 Å². The first-order valence-corrected chi connectivity index (χ1v) is 6.55. The molecule has 4 heterocycles. The fourth-order valence-electron chi connectivity index (χ4n) is 3.45. The maximum Gasteiger partial charge on any atom is 0.136 e. The predicted octanol–water partition coefficient (Wildman–Crippen LogP) is 1.86. The molecule has 2 atom stereocenters. The molecule has 0 aromatic carbocycles. The smallest absolute Gasteiger partial charge is 0.136 e. The maximum atomic E-state index is 11.0. The monoisotopic (exact) mass is 244 g/mol. The number of nitrogens with zero attached hydrogens (tertiary/aromatic N) is 2. The van der Waals surface area contributed by atoms with Crippen molar-refractivity contribution in [2.24, 2.45) is 0 Å². The first-order chi connectivity index (χ1) is 8.74. The van der Waals surface area contributed by atoms with Crippen molar-refractivity contribution in [3.05, 3.63) is 36.3 Å². The van der Waals surface area contributed by atoms with Gasteiger partial charge in [-0.15, -0.1) is 0 Å². The Morgan fingerprint density at radius 1 is 1.28 bits per heavy atom. The minimum Gasteiger partial charge on any atom is -0.383 e. The summed E-state index contributed by atoms with van der Waals surface area (Å²) in [7, 11) is 0. The molecule has 2 aliphatic heterocycles. The van der Waals surface area contributed by atoms with Gasteiger partial charge in [-0.1, -0.05) is 6.07 Å². The Kier molecular flexibility index (Phi) is 2.08. The van der Waals surface area contributed by atoms with Crippen LogP contribution in [0.25, 0.3) is 5.65 Å². The van der Waals surface area contributed by atoms with Crippen molar-refractivity contribution in [1.29, 1.82) is 0 Å². The van der Waals surface area contributed by atoms with Gasteiger partial charge in [0.25, 0.3) is 0 Å². The SMILES string of the molecule is OC1(c2cccc3nccn23)CC2CCC(C1)O2. The molecule has 0 radical (unpaired) electrons. The van der Waals surface area contributed by atoms with Crippen LogP contribution in [0.2, 0.25) is 0 Å². The van der Waals surface area contributed by atoms with Crippen LogP contribution in [0.5, 0.6) is 0 Å². The van der Waals surface area contributed by atoms with Crippen molar-refractivity contribution in [3.8, 4) is 0 Å². The number of aliphatic hydroxyl groups is 1. The summed E-state index contributed by atoms with van der Waals surface area (Å²) in [4.78, 5) is 4.28. The van der Waals surface area contributed by atoms with Crippen LogP contribution in [0.4, 0.5) is 0 Å². The summed E-state index contributed by atoms with van der Waals surface area (Å²) >= 11 is 0. The third-order valence-electron chi connectivity index (χ3n) is 4.23. The summed E-state index contributed by atoms with van der Waals surface area (Å²) in [6.07, 6.45) is 7.66. The Balaban J connectivity index is 1.84. The first kappa shape index (κ1) is 10.5. The lowest BCUT2D eigenvalue weighted by Gasteiger charge is -2.37. The average Bonchev–Trinajstić information content (AvgIpc) is 2.95. The van der Waals surface area contributed by atoms with Crippen molar-refractivity contribution >= 4 is 5.65 Å². The number of imidazole rings is 1. The Hall–Kier alpha value is -1.39. The second-order valence-corrected chi connectivity index (χ2v) is 5.46. The van der Waals surface area contributed by atoms with E-state index in [0.29, 0.717) is 12.8 Å². The van der Waals surface area contributed by atoms with E-state index in [1.807, 2.05) is 28.8 Å². The van der Waals surface area contributed by atoms with Gasteiger partial charge in [-0.3, -0.25) is 0 Å². The Labute approximate surface area is 105 Å². The van der Waals surface area contributed by atoms with Crippen LogP contribution >= 0.6 is 0 Å². The number of aromatic nitrogens is 2. The van der Waals surface area contributed by atoms with E-state index in [9.17, 15) is 5.11 Å². The van der Waals surface area contributed by atoms with Gasteiger partial charge in [0.2, 0.25) is 0 Å². The molecular formula is C14H16N2O2. The molecule has 94 valence electrons. The van der Waals surface area contributed by atoms with Gasteiger partial charge in [0.05, 0.1) is 17.9 Å². The minimum absolute atomic E-state index is 0.215. The summed E-state index contributed by atoms with van der Waals surface area (Å²) in [6, 6.07) is 5.92. The lowest BCUT2D eigenvalue weighted by molar-refractivity contribution is -0.118. The van der Waals surface area contributed by atoms with E-state index in [-0.39, 0.29) is 12.2 Å². The highest BCUT2D eigenvalue weighted by atomic mass is 16.5. The number of pyridine rings is 1. The number of ether oxygens (including phenoxy) is 1. The van der Waals surface area contributed by atoms with Gasteiger partial charge in [0, 0.05) is 25.2 Å². The van der Waals surface area contributed by atoms with Crippen LogP contribution in [0, 0.1) is 0 Å². The van der Waals surface area contributed by atoms with E-state index in [1.165, 1.54) is 0 Å². The lowest BCUT2D eigenvalue weighted by Crippen LogP contribution is -2.39. The van der Waals surface area contributed by atoms with Gasteiger partial charge < -0.3 is 14.2 Å². The summed E-state index contributed by atoms with van der Waals surface area (Å²) in [5, 5.41) is 11.0. The number of hydrogen-bond acceptors (Lipinski definition) is 3. The van der Waals surface area contributed by atoms with Crippen molar-refractivity contribution in [1.82, 2.24) is 9.38 Å². The molecule has 2 saturated heterocycles. The molecule has 2 bridgehead atoms. The van der Waals surface area contributed by atoms with Gasteiger partial charge in [-0.2, -0.15) is 0 Å². The molecule has 4 nitrogen and oxygen atoms in total. The number of hydrogen-bond donors (Lipinski definition) is 1. The standard InChI is InChI=1S/C14H16N2O2/c17-14(8-10-4-5-11(9-14)18-10)12-2-1-3-13-15-6-7-16(12)13/h1-3,6-7,10-11,17H,4-5,8-9H2. The van der Waals surface area contributed by atoms with E-state index in [2.05, 4.69) is 4.98 Å². The summed E-state index contributed by atoms with van der Waals surface area (Å²) in [6.45, 7) is 0. The highest BCUT2D eigenvalue weighted by Crippen LogP contribution is 2.43. The van der Waals surface area contributed by atoms with E-state index >= 15 is 0 Å². The van der Waals surface area contributed by atoms with Crippen LogP contribution < -0.4 is 0 Å². The zero-order valence-corrected chi connectivity index (χ0v) is 10.1. The van der Waals surface area contributed by atoms with Crippen LogP contribution in [0.1, 0.15) is 31.4 Å². The molecule has 0 amide bonds. The average molecular weight is 244 g/mol. The van der Waals surface area contributed by atoms with E-state index in [1.54, 1.807) is 6.20 Å². The van der Waals surface area contributed by atoms with E-state index < -0.39 is 5.60 Å². The van der Waals surface area contributed by atoms with Crippen molar-refractivity contribution < 1.29 is 9.84 Å². The van der Waals surface area contributed by atoms with Crippen LogP contribution in [-0.4, -0.2) is 26.7 Å². The fourth-order valence-corrected chi connectivity index (χ4v) is 3.45. The highest BCUT2D eigenvalue weighted by molar-refractivity contribution is 5.41. The molecular weight excluding hydrogens is 228 g/mol. The molecule has 4 rings (SSSR count). The zero-order valence-electron chi connectivity index (χ0n) is 10.1. The summed E-state index contributed by atoms with van der Waals surface area (Å²) in [5.74, 6) is 0.